The van der Waals surface area contributed by atoms with Gasteiger partial charge in [-0.15, -0.1) is 11.3 Å². The average molecular weight is 471 g/mol. The van der Waals surface area contributed by atoms with Crippen molar-refractivity contribution in [2.24, 2.45) is 0 Å². The first-order valence-corrected chi connectivity index (χ1v) is 10.5. The van der Waals surface area contributed by atoms with Gasteiger partial charge in [0.05, 0.1) is 13.2 Å². The first-order chi connectivity index (χ1) is 14.7. The Balaban J connectivity index is 0.000000703. The van der Waals surface area contributed by atoms with Gasteiger partial charge in [-0.3, -0.25) is 4.79 Å². The first-order valence-electron chi connectivity index (χ1n) is 9.23. The first kappa shape index (κ1) is 26.1. The van der Waals surface area contributed by atoms with Crippen LogP contribution in [0.15, 0.2) is 29.6 Å². The summed E-state index contributed by atoms with van der Waals surface area (Å²) < 4.78 is 5.17. The predicted molar refractivity (Wildman–Crippen MR) is 118 cm³/mol. The third kappa shape index (κ3) is 8.36. The maximum absolute atomic E-state index is 12.4. The highest BCUT2D eigenvalue weighted by Gasteiger charge is 2.23. The molecule has 4 N–H and O–H groups in total. The molecule has 0 bridgehead atoms. The van der Waals surface area contributed by atoms with Crippen molar-refractivity contribution in [1.82, 2.24) is 5.32 Å². The van der Waals surface area contributed by atoms with E-state index in [2.05, 4.69) is 10.6 Å². The van der Waals surface area contributed by atoms with Gasteiger partial charge in [0.15, 0.2) is 0 Å². The normalized spacial score (nSPS) is 9.90. The van der Waals surface area contributed by atoms with Crippen LogP contribution in [-0.4, -0.2) is 53.7 Å². The number of hydrogen-bond acceptors (Lipinski definition) is 7. The summed E-state index contributed by atoms with van der Waals surface area (Å²) in [5.74, 6) is -4.33. The van der Waals surface area contributed by atoms with Crippen LogP contribution in [0.4, 0.5) is 5.00 Å². The number of aliphatic carboxylic acids is 2. The topological polar surface area (TPSA) is 142 Å². The van der Waals surface area contributed by atoms with Gasteiger partial charge in [0.1, 0.15) is 10.6 Å². The second kappa shape index (κ2) is 13.4. The molecule has 0 aliphatic heterocycles. The number of anilines is 1. The van der Waals surface area contributed by atoms with Gasteiger partial charge in [-0.1, -0.05) is 36.7 Å². The summed E-state index contributed by atoms with van der Waals surface area (Å²) in [4.78, 5) is 42.7. The Morgan fingerprint density at radius 2 is 1.71 bits per heavy atom. The van der Waals surface area contributed by atoms with Crippen LogP contribution in [-0.2, 0) is 19.1 Å². The van der Waals surface area contributed by atoms with E-state index in [0.29, 0.717) is 21.2 Å². The number of esters is 1. The number of ether oxygens (including phenoxy) is 1. The van der Waals surface area contributed by atoms with E-state index in [1.807, 2.05) is 30.5 Å². The SMILES string of the molecule is CCCNCC(=O)Nc1scc(-c2ccccc2Cl)c1C(=O)OCC.O=C(O)C(=O)O. The van der Waals surface area contributed by atoms with Crippen molar-refractivity contribution in [3.05, 3.63) is 40.2 Å². The van der Waals surface area contributed by atoms with Gasteiger partial charge in [0.25, 0.3) is 0 Å². The molecule has 9 nitrogen and oxygen atoms in total. The van der Waals surface area contributed by atoms with Gasteiger partial charge in [0, 0.05) is 21.5 Å². The lowest BCUT2D eigenvalue weighted by atomic mass is 10.0. The zero-order valence-electron chi connectivity index (χ0n) is 16.9. The molecular weight excluding hydrogens is 448 g/mol. The van der Waals surface area contributed by atoms with Crippen molar-refractivity contribution in [3.8, 4) is 11.1 Å². The van der Waals surface area contributed by atoms with Crippen molar-refractivity contribution in [2.45, 2.75) is 20.3 Å². The lowest BCUT2D eigenvalue weighted by Gasteiger charge is -2.10. The molecule has 0 saturated carbocycles. The molecule has 168 valence electrons. The highest BCUT2D eigenvalue weighted by Crippen LogP contribution is 2.39. The number of halogens is 1. The number of rotatable bonds is 8. The zero-order chi connectivity index (χ0) is 23.4. The van der Waals surface area contributed by atoms with Crippen molar-refractivity contribution in [3.63, 3.8) is 0 Å². The second-order valence-electron chi connectivity index (χ2n) is 5.89. The molecule has 0 spiro atoms. The number of hydrogen-bond donors (Lipinski definition) is 4. The number of carboxylic acid groups (broad SMARTS) is 2. The van der Waals surface area contributed by atoms with Crippen LogP contribution in [0.1, 0.15) is 30.6 Å². The highest BCUT2D eigenvalue weighted by molar-refractivity contribution is 7.15. The third-order valence-electron chi connectivity index (χ3n) is 3.58. The summed E-state index contributed by atoms with van der Waals surface area (Å²) in [5.41, 5.74) is 1.72. The zero-order valence-corrected chi connectivity index (χ0v) is 18.5. The maximum Gasteiger partial charge on any atom is 0.414 e. The summed E-state index contributed by atoms with van der Waals surface area (Å²) in [6.45, 7) is 4.97. The summed E-state index contributed by atoms with van der Waals surface area (Å²) in [6, 6.07) is 7.27. The minimum atomic E-state index is -1.82. The summed E-state index contributed by atoms with van der Waals surface area (Å²) >= 11 is 7.55. The lowest BCUT2D eigenvalue weighted by Crippen LogP contribution is -2.28. The van der Waals surface area contributed by atoms with E-state index < -0.39 is 17.9 Å². The van der Waals surface area contributed by atoms with Crippen LogP contribution < -0.4 is 10.6 Å². The Morgan fingerprint density at radius 3 is 2.26 bits per heavy atom. The fourth-order valence-corrected chi connectivity index (χ4v) is 3.49. The van der Waals surface area contributed by atoms with Crippen LogP contribution in [0.25, 0.3) is 11.1 Å². The van der Waals surface area contributed by atoms with Crippen molar-refractivity contribution < 1.29 is 34.1 Å². The smallest absolute Gasteiger partial charge is 0.414 e. The lowest BCUT2D eigenvalue weighted by molar-refractivity contribution is -0.159. The molecule has 1 aromatic carbocycles. The molecule has 0 saturated heterocycles. The Morgan fingerprint density at radius 1 is 1.06 bits per heavy atom. The van der Waals surface area contributed by atoms with Gasteiger partial charge in [-0.2, -0.15) is 0 Å². The number of carboxylic acids is 2. The van der Waals surface area contributed by atoms with Crippen LogP contribution in [0.3, 0.4) is 0 Å². The molecule has 0 radical (unpaired) electrons. The molecule has 1 amide bonds. The largest absolute Gasteiger partial charge is 0.473 e. The number of nitrogens with one attached hydrogen (secondary N) is 2. The van der Waals surface area contributed by atoms with E-state index in [1.165, 1.54) is 11.3 Å². The van der Waals surface area contributed by atoms with E-state index in [1.54, 1.807) is 13.0 Å². The van der Waals surface area contributed by atoms with Gasteiger partial charge in [0.2, 0.25) is 5.91 Å². The van der Waals surface area contributed by atoms with E-state index in [9.17, 15) is 9.59 Å². The van der Waals surface area contributed by atoms with E-state index in [0.717, 1.165) is 18.5 Å². The summed E-state index contributed by atoms with van der Waals surface area (Å²) in [7, 11) is 0. The molecule has 11 heteroatoms. The minimum absolute atomic E-state index is 0.190. The van der Waals surface area contributed by atoms with Gasteiger partial charge >= 0.3 is 17.9 Å². The van der Waals surface area contributed by atoms with Gasteiger partial charge in [-0.25, -0.2) is 14.4 Å². The van der Waals surface area contributed by atoms with E-state index in [4.69, 9.17) is 36.1 Å². The maximum atomic E-state index is 12.4. The van der Waals surface area contributed by atoms with Crippen LogP contribution in [0.2, 0.25) is 5.02 Å². The number of thiophene rings is 1. The standard InChI is InChI=1S/C18H21ClN2O3S.C2H2O4/c1-3-9-20-10-15(22)21-17-16(18(23)24-4-2)13(11-25-17)12-7-5-6-8-14(12)19;3-1(4)2(5)6/h5-8,11,20H,3-4,9-10H2,1-2H3,(H,21,22);(H,3,4)(H,5,6). The molecule has 0 aliphatic rings. The number of amides is 1. The molecule has 31 heavy (non-hydrogen) atoms. The second-order valence-corrected chi connectivity index (χ2v) is 7.18. The number of carbonyl (C=O) groups excluding carboxylic acids is 2. The highest BCUT2D eigenvalue weighted by atomic mass is 35.5. The average Bonchev–Trinajstić information content (AvgIpc) is 3.12. The van der Waals surface area contributed by atoms with Crippen LogP contribution in [0, 0.1) is 0 Å². The third-order valence-corrected chi connectivity index (χ3v) is 4.81. The molecule has 2 rings (SSSR count). The summed E-state index contributed by atoms with van der Waals surface area (Å²) in [6.07, 6.45) is 0.941. The molecule has 2 aromatic rings. The van der Waals surface area contributed by atoms with Gasteiger partial charge in [-0.05, 0) is 26.0 Å². The monoisotopic (exact) mass is 470 g/mol. The van der Waals surface area contributed by atoms with Gasteiger partial charge < -0.3 is 25.6 Å². The van der Waals surface area contributed by atoms with Crippen molar-refractivity contribution in [2.75, 3.05) is 25.0 Å². The molecule has 0 fully saturated rings. The van der Waals surface area contributed by atoms with E-state index in [-0.39, 0.29) is 19.1 Å². The fraction of sp³-hybridized carbons (Fsp3) is 0.300. The predicted octanol–water partition coefficient (Wildman–Crippen LogP) is 3.34. The molecule has 1 heterocycles. The fourth-order valence-electron chi connectivity index (χ4n) is 2.28. The van der Waals surface area contributed by atoms with Crippen LogP contribution in [0.5, 0.6) is 0 Å². The van der Waals surface area contributed by atoms with Crippen molar-refractivity contribution in [1.29, 1.82) is 0 Å². The summed E-state index contributed by atoms with van der Waals surface area (Å²) in [5, 5.41) is 23.4. The number of benzene rings is 1. The Labute approximate surface area is 188 Å². The minimum Gasteiger partial charge on any atom is -0.473 e. The Bertz CT molecular complexity index is 918. The Hall–Kier alpha value is -2.95. The Kier molecular flexibility index (Phi) is 11.3. The van der Waals surface area contributed by atoms with Crippen LogP contribution >= 0.6 is 22.9 Å². The quantitative estimate of drug-likeness (QED) is 0.261. The molecule has 0 unspecified atom stereocenters. The molecular formula is C20H23ClN2O7S. The van der Waals surface area contributed by atoms with Crippen molar-refractivity contribution >= 4 is 51.8 Å². The molecule has 0 atom stereocenters. The van der Waals surface area contributed by atoms with E-state index >= 15 is 0 Å². The molecule has 0 aliphatic carbocycles. The number of carbonyl (C=O) groups is 4. The molecule has 1 aromatic heterocycles.